The molecule has 0 amide bonds. The van der Waals surface area contributed by atoms with E-state index in [9.17, 15) is 9.59 Å². The van der Waals surface area contributed by atoms with Crippen LogP contribution in [-0.2, 0) is 0 Å². The summed E-state index contributed by atoms with van der Waals surface area (Å²) >= 11 is 4.72. The number of ketones is 2. The van der Waals surface area contributed by atoms with Crippen LogP contribution in [0.1, 0.15) is 43.8 Å². The molecule has 0 saturated carbocycles. The van der Waals surface area contributed by atoms with Gasteiger partial charge in [0, 0.05) is 16.0 Å². The van der Waals surface area contributed by atoms with Crippen LogP contribution in [0.25, 0.3) is 0 Å². The summed E-state index contributed by atoms with van der Waals surface area (Å²) in [6.07, 6.45) is 2.97. The minimum atomic E-state index is -0.171. The van der Waals surface area contributed by atoms with Gasteiger partial charge in [0.25, 0.3) is 0 Å². The van der Waals surface area contributed by atoms with Gasteiger partial charge in [-0.25, -0.2) is 0 Å². The van der Waals surface area contributed by atoms with Crippen LogP contribution in [0, 0.1) is 23.7 Å². The second-order valence-corrected chi connectivity index (χ2v) is 9.99. The van der Waals surface area contributed by atoms with Gasteiger partial charge < -0.3 is 4.74 Å². The number of rotatable bonds is 6. The molecule has 0 fully saturated rings. The van der Waals surface area contributed by atoms with Gasteiger partial charge >= 0.3 is 0 Å². The maximum Gasteiger partial charge on any atom is 0.236 e. The standard InChI is InChI=1S/C16H14O2S.C14H10OS2/c1-2-11-18-14-7-5-13(6-8-14)16(17)10-9-15-4-3-12-19-15;1-16-12-6-4-11(5-7-12)14(15)9-8-13-3-2-10-17-13/h3-8,12H,2,11H2,1H3;2-7,10H,1H3. The SMILES string of the molecule is CCCOc1ccc(C(=O)C#Cc2cccs2)cc1.CSc1ccc(C(=O)C#Cc2cccs2)cc1. The number of thioether (sulfide) groups is 1. The molecule has 2 aromatic carbocycles. The summed E-state index contributed by atoms with van der Waals surface area (Å²) in [6.45, 7) is 2.74. The summed E-state index contributed by atoms with van der Waals surface area (Å²) in [4.78, 5) is 26.6. The molecule has 4 aromatic rings. The summed E-state index contributed by atoms with van der Waals surface area (Å²) in [6, 6.07) is 22.2. The molecule has 0 spiro atoms. The lowest BCUT2D eigenvalue weighted by atomic mass is 10.1. The maximum atomic E-state index is 11.9. The molecule has 180 valence electrons. The molecule has 0 aliphatic carbocycles. The minimum absolute atomic E-state index is 0.133. The first kappa shape index (κ1) is 27.0. The van der Waals surface area contributed by atoms with Gasteiger partial charge in [-0.1, -0.05) is 19.1 Å². The molecule has 0 saturated heterocycles. The number of benzene rings is 2. The average Bonchev–Trinajstić information content (AvgIpc) is 3.64. The third kappa shape index (κ3) is 8.91. The summed E-state index contributed by atoms with van der Waals surface area (Å²) < 4.78 is 5.46. The van der Waals surface area contributed by atoms with E-state index in [1.54, 1.807) is 36.0 Å². The lowest BCUT2D eigenvalue weighted by Gasteiger charge is -2.03. The van der Waals surface area contributed by atoms with Crippen molar-refractivity contribution in [3.63, 3.8) is 0 Å². The van der Waals surface area contributed by atoms with Crippen molar-refractivity contribution < 1.29 is 14.3 Å². The van der Waals surface area contributed by atoms with E-state index in [1.165, 1.54) is 22.7 Å². The van der Waals surface area contributed by atoms with Crippen LogP contribution in [0.3, 0.4) is 0 Å². The zero-order chi connectivity index (χ0) is 25.6. The molecule has 3 nitrogen and oxygen atoms in total. The quantitative estimate of drug-likeness (QED) is 0.148. The van der Waals surface area contributed by atoms with E-state index in [-0.39, 0.29) is 11.6 Å². The highest BCUT2D eigenvalue weighted by Gasteiger charge is 2.03. The first-order valence-corrected chi connectivity index (χ1v) is 14.1. The predicted octanol–water partition coefficient (Wildman–Crippen LogP) is 7.48. The van der Waals surface area contributed by atoms with Gasteiger partial charge in [-0.2, -0.15) is 0 Å². The molecule has 36 heavy (non-hydrogen) atoms. The van der Waals surface area contributed by atoms with Crippen molar-refractivity contribution in [1.82, 2.24) is 0 Å². The number of ether oxygens (including phenoxy) is 1. The second kappa shape index (κ2) is 14.8. The first-order valence-electron chi connectivity index (χ1n) is 11.2. The number of carbonyl (C=O) groups is 2. The Labute approximate surface area is 224 Å². The minimum Gasteiger partial charge on any atom is -0.494 e. The maximum absolute atomic E-state index is 11.9. The molecule has 0 atom stereocenters. The monoisotopic (exact) mass is 528 g/mol. The highest BCUT2D eigenvalue weighted by molar-refractivity contribution is 7.98. The molecule has 2 aromatic heterocycles. The Bertz CT molecular complexity index is 1360. The van der Waals surface area contributed by atoms with Crippen LogP contribution >= 0.6 is 34.4 Å². The molecule has 0 bridgehead atoms. The third-order valence-electron chi connectivity index (χ3n) is 4.58. The Morgan fingerprint density at radius 3 is 1.69 bits per heavy atom. The molecule has 0 aliphatic heterocycles. The fraction of sp³-hybridized carbons (Fsp3) is 0.133. The van der Waals surface area contributed by atoms with Crippen molar-refractivity contribution in [2.75, 3.05) is 12.9 Å². The largest absolute Gasteiger partial charge is 0.494 e. The van der Waals surface area contributed by atoms with Crippen molar-refractivity contribution in [2.24, 2.45) is 0 Å². The molecule has 4 rings (SSSR count). The summed E-state index contributed by atoms with van der Waals surface area (Å²) in [5.41, 5.74) is 1.24. The molecular formula is C30H24O3S3. The molecule has 0 unspecified atom stereocenters. The predicted molar refractivity (Wildman–Crippen MR) is 152 cm³/mol. The molecule has 2 heterocycles. The Hall–Kier alpha value is -3.55. The second-order valence-electron chi connectivity index (χ2n) is 7.21. The topological polar surface area (TPSA) is 43.4 Å². The van der Waals surface area contributed by atoms with Crippen molar-refractivity contribution in [3.05, 3.63) is 104 Å². The lowest BCUT2D eigenvalue weighted by Crippen LogP contribution is -1.97. The average molecular weight is 529 g/mol. The molecular weight excluding hydrogens is 505 g/mol. The lowest BCUT2D eigenvalue weighted by molar-refractivity contribution is 0.104. The van der Waals surface area contributed by atoms with Crippen LogP contribution in [0.4, 0.5) is 0 Å². The van der Waals surface area contributed by atoms with Gasteiger partial charge in [0.2, 0.25) is 11.6 Å². The molecule has 6 heteroatoms. The van der Waals surface area contributed by atoms with Crippen molar-refractivity contribution >= 4 is 46.0 Å². The van der Waals surface area contributed by atoms with Crippen LogP contribution in [0.5, 0.6) is 5.75 Å². The Morgan fingerprint density at radius 2 is 1.28 bits per heavy atom. The summed E-state index contributed by atoms with van der Waals surface area (Å²) in [5, 5.41) is 3.89. The van der Waals surface area contributed by atoms with Crippen LogP contribution < -0.4 is 4.74 Å². The van der Waals surface area contributed by atoms with Gasteiger partial charge in [0.15, 0.2) is 0 Å². The smallest absolute Gasteiger partial charge is 0.236 e. The Balaban J connectivity index is 0.000000202. The van der Waals surface area contributed by atoms with Crippen LogP contribution in [-0.4, -0.2) is 24.4 Å². The third-order valence-corrected chi connectivity index (χ3v) is 6.90. The highest BCUT2D eigenvalue weighted by atomic mass is 32.2. The van der Waals surface area contributed by atoms with Crippen molar-refractivity contribution in [3.8, 4) is 29.4 Å². The summed E-state index contributed by atoms with van der Waals surface area (Å²) in [7, 11) is 0. The van der Waals surface area contributed by atoms with E-state index < -0.39 is 0 Å². The Kier molecular flexibility index (Phi) is 11.1. The zero-order valence-electron chi connectivity index (χ0n) is 19.9. The van der Waals surface area contributed by atoms with E-state index >= 15 is 0 Å². The van der Waals surface area contributed by atoms with Crippen molar-refractivity contribution in [1.29, 1.82) is 0 Å². The van der Waals surface area contributed by atoms with Crippen LogP contribution in [0.15, 0.2) is 88.5 Å². The van der Waals surface area contributed by atoms with Gasteiger partial charge in [0.05, 0.1) is 16.4 Å². The van der Waals surface area contributed by atoms with Gasteiger partial charge in [0.1, 0.15) is 5.75 Å². The normalized spacial score (nSPS) is 9.50. The van der Waals surface area contributed by atoms with Crippen molar-refractivity contribution in [2.45, 2.75) is 18.2 Å². The highest BCUT2D eigenvalue weighted by Crippen LogP contribution is 2.15. The van der Waals surface area contributed by atoms with E-state index in [0.717, 1.165) is 26.8 Å². The van der Waals surface area contributed by atoms with E-state index in [2.05, 4.69) is 30.6 Å². The zero-order valence-corrected chi connectivity index (χ0v) is 22.4. The number of Topliss-reactive ketones (excluding diaryl/α,β-unsaturated/α-hetero) is 2. The van der Waals surface area contributed by atoms with Gasteiger partial charge in [-0.3, -0.25) is 9.59 Å². The first-order chi connectivity index (χ1) is 17.6. The van der Waals surface area contributed by atoms with Gasteiger partial charge in [-0.05, 0) is 108 Å². The fourth-order valence-corrected chi connectivity index (χ4v) is 4.30. The van der Waals surface area contributed by atoms with E-state index in [4.69, 9.17) is 4.74 Å². The fourth-order valence-electron chi connectivity index (χ4n) is 2.75. The molecule has 0 aliphatic rings. The van der Waals surface area contributed by atoms with E-state index in [0.29, 0.717) is 17.7 Å². The molecule has 0 radical (unpaired) electrons. The number of hydrogen-bond acceptors (Lipinski definition) is 6. The summed E-state index contributed by atoms with van der Waals surface area (Å²) in [5.74, 6) is 11.5. The Morgan fingerprint density at radius 1 is 0.778 bits per heavy atom. The number of hydrogen-bond donors (Lipinski definition) is 0. The number of thiophene rings is 2. The van der Waals surface area contributed by atoms with E-state index in [1.807, 2.05) is 65.5 Å². The van der Waals surface area contributed by atoms with Gasteiger partial charge in [-0.15, -0.1) is 34.4 Å². The molecule has 0 N–H and O–H groups in total. The van der Waals surface area contributed by atoms with Crippen LogP contribution in [0.2, 0.25) is 0 Å². The number of carbonyl (C=O) groups excluding carboxylic acids is 2.